The highest BCUT2D eigenvalue weighted by molar-refractivity contribution is 7.13. The van der Waals surface area contributed by atoms with E-state index in [1.165, 1.54) is 11.3 Å². The van der Waals surface area contributed by atoms with Crippen molar-refractivity contribution in [3.63, 3.8) is 0 Å². The Kier molecular flexibility index (Phi) is 5.07. The molecule has 0 saturated heterocycles. The van der Waals surface area contributed by atoms with E-state index in [-0.39, 0.29) is 0 Å². The number of thiazole rings is 1. The molecule has 0 radical (unpaired) electrons. The van der Waals surface area contributed by atoms with Gasteiger partial charge in [-0.2, -0.15) is 5.11 Å². The van der Waals surface area contributed by atoms with Gasteiger partial charge in [0, 0.05) is 22.3 Å². The normalized spacial score (nSPS) is 11.6. The van der Waals surface area contributed by atoms with Crippen LogP contribution in [0.25, 0.3) is 10.8 Å². The predicted molar refractivity (Wildman–Crippen MR) is 115 cm³/mol. The zero-order valence-electron chi connectivity index (χ0n) is 15.1. The van der Waals surface area contributed by atoms with E-state index < -0.39 is 0 Å². The number of azo groups is 2. The zero-order chi connectivity index (χ0) is 19.3. The Balaban J connectivity index is 1.61. The van der Waals surface area contributed by atoms with E-state index in [0.29, 0.717) is 5.13 Å². The molecule has 136 valence electrons. The Morgan fingerprint density at radius 1 is 0.821 bits per heavy atom. The highest BCUT2D eigenvalue weighted by Crippen LogP contribution is 2.34. The van der Waals surface area contributed by atoms with Crippen LogP contribution in [-0.4, -0.2) is 11.7 Å². The van der Waals surface area contributed by atoms with E-state index in [1.54, 1.807) is 6.20 Å². The van der Waals surface area contributed by atoms with Crippen molar-refractivity contribution in [2.75, 3.05) is 0 Å². The van der Waals surface area contributed by atoms with E-state index >= 15 is 0 Å². The van der Waals surface area contributed by atoms with Crippen molar-refractivity contribution in [3.05, 3.63) is 71.7 Å². The number of benzene rings is 3. The summed E-state index contributed by atoms with van der Waals surface area (Å²) in [6.07, 6.45) is 1.71. The summed E-state index contributed by atoms with van der Waals surface area (Å²) >= 11 is 1.44. The van der Waals surface area contributed by atoms with Gasteiger partial charge in [-0.05, 0) is 49.5 Å². The van der Waals surface area contributed by atoms with E-state index in [0.717, 1.165) is 39.1 Å². The molecule has 0 N–H and O–H groups in total. The summed E-state index contributed by atoms with van der Waals surface area (Å²) in [4.78, 5) is 8.16. The maximum absolute atomic E-state index is 4.44. The number of nitrogens with zero attached hydrogens (tertiary/aromatic N) is 6. The Hall–Kier alpha value is -3.58. The summed E-state index contributed by atoms with van der Waals surface area (Å²) in [6.45, 7) is 5.60. The standard InChI is InChI=1S/C21H16N6S/c1-14-13-15(7-8-18(14)25-27-21-23-11-12-28-21)24-26-20-10-9-19(22-2)16-5-3-4-6-17(16)20/h3-13H,2H2,1H3/b26-24+,27-25+. The largest absolute Gasteiger partial charge is 0.264 e. The molecule has 4 rings (SSSR count). The van der Waals surface area contributed by atoms with E-state index in [2.05, 4.69) is 37.2 Å². The molecule has 0 amide bonds. The quantitative estimate of drug-likeness (QED) is 0.256. The number of rotatable bonds is 5. The third-order valence-corrected chi connectivity index (χ3v) is 4.82. The number of aryl methyl sites for hydroxylation is 1. The smallest absolute Gasteiger partial charge is 0.229 e. The van der Waals surface area contributed by atoms with Gasteiger partial charge in [-0.3, -0.25) is 4.99 Å². The second kappa shape index (κ2) is 7.98. The molecule has 0 spiro atoms. The number of hydrogen-bond acceptors (Lipinski definition) is 7. The SMILES string of the molecule is C=Nc1ccc(/N=N/c2ccc(/N=N/c3nccs3)c(C)c2)c2ccccc12. The molecule has 28 heavy (non-hydrogen) atoms. The summed E-state index contributed by atoms with van der Waals surface area (Å²) in [7, 11) is 0. The lowest BCUT2D eigenvalue weighted by Gasteiger charge is -2.04. The first-order valence-corrected chi connectivity index (χ1v) is 9.44. The molecule has 1 aromatic heterocycles. The van der Waals surface area contributed by atoms with Gasteiger partial charge in [-0.25, -0.2) is 4.98 Å². The van der Waals surface area contributed by atoms with Crippen molar-refractivity contribution in [2.45, 2.75) is 6.92 Å². The van der Waals surface area contributed by atoms with Crippen LogP contribution in [0, 0.1) is 6.92 Å². The number of aliphatic imine (C=N–C) groups is 1. The first kappa shape index (κ1) is 17.8. The van der Waals surface area contributed by atoms with Gasteiger partial charge in [0.05, 0.1) is 22.7 Å². The van der Waals surface area contributed by atoms with Gasteiger partial charge in [-0.1, -0.05) is 24.3 Å². The van der Waals surface area contributed by atoms with Crippen molar-refractivity contribution in [1.82, 2.24) is 4.98 Å². The van der Waals surface area contributed by atoms with Crippen LogP contribution < -0.4 is 0 Å². The lowest BCUT2D eigenvalue weighted by molar-refractivity contribution is 1.17. The third kappa shape index (κ3) is 3.74. The fraction of sp³-hybridized carbons (Fsp3) is 0.0476. The lowest BCUT2D eigenvalue weighted by atomic mass is 10.1. The van der Waals surface area contributed by atoms with Gasteiger partial charge in [0.2, 0.25) is 5.13 Å². The summed E-state index contributed by atoms with van der Waals surface area (Å²) in [5.74, 6) is 0. The van der Waals surface area contributed by atoms with Crippen molar-refractivity contribution in [3.8, 4) is 0 Å². The first-order valence-electron chi connectivity index (χ1n) is 8.57. The summed E-state index contributed by atoms with van der Waals surface area (Å²) in [6, 6.07) is 17.4. The van der Waals surface area contributed by atoms with E-state index in [1.807, 2.05) is 66.9 Å². The van der Waals surface area contributed by atoms with Crippen LogP contribution in [0.3, 0.4) is 0 Å². The Labute approximate surface area is 166 Å². The fourth-order valence-electron chi connectivity index (χ4n) is 2.78. The van der Waals surface area contributed by atoms with Gasteiger partial charge in [0.25, 0.3) is 0 Å². The molecule has 0 fully saturated rings. The van der Waals surface area contributed by atoms with Crippen molar-refractivity contribution in [1.29, 1.82) is 0 Å². The fourth-order valence-corrected chi connectivity index (χ4v) is 3.23. The Bertz CT molecular complexity index is 1190. The summed E-state index contributed by atoms with van der Waals surface area (Å²) < 4.78 is 0. The average Bonchev–Trinajstić information content (AvgIpc) is 3.25. The Morgan fingerprint density at radius 3 is 2.25 bits per heavy atom. The molecule has 0 unspecified atom stereocenters. The van der Waals surface area contributed by atoms with Crippen LogP contribution in [0.15, 0.2) is 91.6 Å². The second-order valence-electron chi connectivity index (χ2n) is 5.99. The second-order valence-corrected chi connectivity index (χ2v) is 6.87. The van der Waals surface area contributed by atoms with Crippen molar-refractivity contribution >= 4 is 56.7 Å². The Morgan fingerprint density at radius 2 is 1.54 bits per heavy atom. The highest BCUT2D eigenvalue weighted by Gasteiger charge is 2.05. The minimum absolute atomic E-state index is 0.632. The molecule has 1 heterocycles. The molecule has 6 nitrogen and oxygen atoms in total. The van der Waals surface area contributed by atoms with Gasteiger partial charge in [-0.15, -0.1) is 26.7 Å². The minimum Gasteiger partial charge on any atom is -0.264 e. The molecule has 0 aliphatic rings. The maximum Gasteiger partial charge on any atom is 0.229 e. The number of aromatic nitrogens is 1. The van der Waals surface area contributed by atoms with Gasteiger partial charge < -0.3 is 0 Å². The van der Waals surface area contributed by atoms with Gasteiger partial charge in [0.15, 0.2) is 0 Å². The van der Waals surface area contributed by atoms with Crippen LogP contribution in [0.5, 0.6) is 0 Å². The van der Waals surface area contributed by atoms with E-state index in [9.17, 15) is 0 Å². The number of hydrogen-bond donors (Lipinski definition) is 0. The summed E-state index contributed by atoms with van der Waals surface area (Å²) in [5, 5.41) is 21.7. The van der Waals surface area contributed by atoms with Crippen LogP contribution in [0.4, 0.5) is 27.9 Å². The lowest BCUT2D eigenvalue weighted by Crippen LogP contribution is -1.76. The topological polar surface area (TPSA) is 74.7 Å². The van der Waals surface area contributed by atoms with Crippen LogP contribution >= 0.6 is 11.3 Å². The molecular formula is C21H16N6S. The molecule has 0 atom stereocenters. The van der Waals surface area contributed by atoms with Crippen LogP contribution in [0.2, 0.25) is 0 Å². The molecule has 0 aliphatic heterocycles. The molecular weight excluding hydrogens is 368 g/mol. The van der Waals surface area contributed by atoms with E-state index in [4.69, 9.17) is 0 Å². The molecule has 0 aliphatic carbocycles. The molecule has 0 saturated carbocycles. The molecule has 7 heteroatoms. The minimum atomic E-state index is 0.632. The molecule has 0 bridgehead atoms. The van der Waals surface area contributed by atoms with Gasteiger partial charge in [0.1, 0.15) is 0 Å². The molecule has 3 aromatic carbocycles. The predicted octanol–water partition coefficient (Wildman–Crippen LogP) is 7.77. The van der Waals surface area contributed by atoms with Gasteiger partial charge >= 0.3 is 0 Å². The number of fused-ring (bicyclic) bond motifs is 1. The highest BCUT2D eigenvalue weighted by atomic mass is 32.1. The van der Waals surface area contributed by atoms with Crippen molar-refractivity contribution < 1.29 is 0 Å². The average molecular weight is 384 g/mol. The zero-order valence-corrected chi connectivity index (χ0v) is 16.0. The first-order chi connectivity index (χ1) is 13.7. The van der Waals surface area contributed by atoms with Crippen LogP contribution in [-0.2, 0) is 0 Å². The maximum atomic E-state index is 4.44. The van der Waals surface area contributed by atoms with Crippen LogP contribution in [0.1, 0.15) is 5.56 Å². The monoisotopic (exact) mass is 384 g/mol. The molecule has 4 aromatic rings. The van der Waals surface area contributed by atoms with Crippen molar-refractivity contribution in [2.24, 2.45) is 25.4 Å². The summed E-state index contributed by atoms with van der Waals surface area (Å²) in [5.41, 5.74) is 4.11. The third-order valence-electron chi connectivity index (χ3n) is 4.16.